The van der Waals surface area contributed by atoms with Gasteiger partial charge in [-0.1, -0.05) is 26.0 Å². The number of nitrogens with two attached hydrogens (primary N) is 1. The lowest BCUT2D eigenvalue weighted by atomic mass is 10.1. The van der Waals surface area contributed by atoms with Crippen molar-refractivity contribution in [3.05, 3.63) is 29.8 Å². The Hall–Kier alpha value is -0.800. The summed E-state index contributed by atoms with van der Waals surface area (Å²) in [5, 5.41) is 0.561. The summed E-state index contributed by atoms with van der Waals surface area (Å²) in [6, 6.07) is 7.69. The minimum atomic E-state index is -0.0720. The highest BCUT2D eigenvalue weighted by Gasteiger charge is 2.08. The molecule has 3 heteroatoms. The third kappa shape index (κ3) is 4.37. The molecule has 1 aromatic carbocycles. The standard InChI is InChI=1S/C13H19NOS/c1-9(2)16-12-6-4-11(5-7-12)13(15)8-10(3)14/h4-7,9-10H,8,14H2,1-3H3. The number of hydrogen-bond acceptors (Lipinski definition) is 3. The van der Waals surface area contributed by atoms with E-state index in [0.717, 1.165) is 5.56 Å². The van der Waals surface area contributed by atoms with Crippen molar-refractivity contribution >= 4 is 17.5 Å². The Kier molecular flexibility index (Phi) is 5.03. The predicted molar refractivity (Wildman–Crippen MR) is 70.0 cm³/mol. The lowest BCUT2D eigenvalue weighted by Crippen LogP contribution is -2.19. The normalized spacial score (nSPS) is 12.8. The average molecular weight is 237 g/mol. The summed E-state index contributed by atoms with van der Waals surface area (Å²) in [4.78, 5) is 12.9. The maximum atomic E-state index is 11.7. The van der Waals surface area contributed by atoms with Crippen molar-refractivity contribution in [3.63, 3.8) is 0 Å². The zero-order valence-electron chi connectivity index (χ0n) is 10.1. The Morgan fingerprint density at radius 3 is 2.25 bits per heavy atom. The van der Waals surface area contributed by atoms with Gasteiger partial charge in [-0.25, -0.2) is 0 Å². The van der Waals surface area contributed by atoms with Crippen LogP contribution >= 0.6 is 11.8 Å². The van der Waals surface area contributed by atoms with Crippen molar-refractivity contribution in [1.82, 2.24) is 0 Å². The molecule has 1 unspecified atom stereocenters. The van der Waals surface area contributed by atoms with Crippen LogP contribution in [0.2, 0.25) is 0 Å². The molecule has 16 heavy (non-hydrogen) atoms. The van der Waals surface area contributed by atoms with Gasteiger partial charge in [0, 0.05) is 28.2 Å². The van der Waals surface area contributed by atoms with Gasteiger partial charge < -0.3 is 5.73 Å². The van der Waals surface area contributed by atoms with E-state index in [-0.39, 0.29) is 11.8 Å². The van der Waals surface area contributed by atoms with Crippen molar-refractivity contribution in [1.29, 1.82) is 0 Å². The van der Waals surface area contributed by atoms with Crippen LogP contribution < -0.4 is 5.73 Å². The van der Waals surface area contributed by atoms with Crippen LogP contribution in [0.5, 0.6) is 0 Å². The number of thioether (sulfide) groups is 1. The number of carbonyl (C=O) groups is 1. The maximum absolute atomic E-state index is 11.7. The van der Waals surface area contributed by atoms with Gasteiger partial charge in [0.05, 0.1) is 0 Å². The smallest absolute Gasteiger partial charge is 0.164 e. The molecule has 0 bridgehead atoms. The molecule has 0 radical (unpaired) electrons. The van der Waals surface area contributed by atoms with Gasteiger partial charge >= 0.3 is 0 Å². The molecule has 2 N–H and O–H groups in total. The highest BCUT2D eigenvalue weighted by Crippen LogP contribution is 2.23. The van der Waals surface area contributed by atoms with Crippen LogP contribution in [0.4, 0.5) is 0 Å². The van der Waals surface area contributed by atoms with Crippen LogP contribution in [-0.2, 0) is 0 Å². The topological polar surface area (TPSA) is 43.1 Å². The third-order valence-corrected chi connectivity index (χ3v) is 3.07. The highest BCUT2D eigenvalue weighted by atomic mass is 32.2. The van der Waals surface area contributed by atoms with Gasteiger partial charge in [-0.2, -0.15) is 0 Å². The fraction of sp³-hybridized carbons (Fsp3) is 0.462. The fourth-order valence-electron chi connectivity index (χ4n) is 1.40. The molecule has 0 aliphatic carbocycles. The van der Waals surface area contributed by atoms with Crippen LogP contribution in [0, 0.1) is 0 Å². The number of hydrogen-bond donors (Lipinski definition) is 1. The highest BCUT2D eigenvalue weighted by molar-refractivity contribution is 7.99. The molecule has 0 fully saturated rings. The number of benzene rings is 1. The molecular formula is C13H19NOS. The lowest BCUT2D eigenvalue weighted by molar-refractivity contribution is 0.0976. The van der Waals surface area contributed by atoms with E-state index < -0.39 is 0 Å². The second-order valence-corrected chi connectivity index (χ2v) is 5.95. The van der Waals surface area contributed by atoms with E-state index in [9.17, 15) is 4.79 Å². The van der Waals surface area contributed by atoms with Gasteiger partial charge in [-0.15, -0.1) is 11.8 Å². The van der Waals surface area contributed by atoms with Gasteiger partial charge in [-0.3, -0.25) is 4.79 Å². The van der Waals surface area contributed by atoms with Gasteiger partial charge in [0.2, 0.25) is 0 Å². The number of rotatable bonds is 5. The van der Waals surface area contributed by atoms with E-state index in [1.165, 1.54) is 4.90 Å². The SMILES string of the molecule is CC(N)CC(=O)c1ccc(SC(C)C)cc1. The Morgan fingerprint density at radius 2 is 1.81 bits per heavy atom. The number of carbonyl (C=O) groups excluding carboxylic acids is 1. The molecular weight excluding hydrogens is 218 g/mol. The van der Waals surface area contributed by atoms with Crippen LogP contribution in [0.15, 0.2) is 29.2 Å². The Labute approximate surface area is 102 Å². The summed E-state index contributed by atoms with van der Waals surface area (Å²) in [5.74, 6) is 0.121. The van der Waals surface area contributed by atoms with Gasteiger partial charge in [0.1, 0.15) is 0 Å². The van der Waals surface area contributed by atoms with Crippen LogP contribution in [-0.4, -0.2) is 17.1 Å². The summed E-state index contributed by atoms with van der Waals surface area (Å²) in [7, 11) is 0. The first kappa shape index (κ1) is 13.3. The average Bonchev–Trinajstić information content (AvgIpc) is 2.16. The first-order valence-corrected chi connectivity index (χ1v) is 6.42. The zero-order chi connectivity index (χ0) is 12.1. The molecule has 88 valence electrons. The summed E-state index contributed by atoms with van der Waals surface area (Å²) >= 11 is 1.80. The molecule has 1 aromatic rings. The Balaban J connectivity index is 2.67. The summed E-state index contributed by atoms with van der Waals surface area (Å²) < 4.78 is 0. The van der Waals surface area contributed by atoms with Gasteiger partial charge in [0.25, 0.3) is 0 Å². The number of ketones is 1. The zero-order valence-corrected chi connectivity index (χ0v) is 10.9. The minimum Gasteiger partial charge on any atom is -0.328 e. The molecule has 0 aromatic heterocycles. The first-order chi connectivity index (χ1) is 7.49. The van der Waals surface area contributed by atoms with E-state index in [2.05, 4.69) is 13.8 Å². The first-order valence-electron chi connectivity index (χ1n) is 5.54. The second kappa shape index (κ2) is 6.06. The van der Waals surface area contributed by atoms with E-state index in [1.807, 2.05) is 31.2 Å². The van der Waals surface area contributed by atoms with E-state index in [1.54, 1.807) is 11.8 Å². The Morgan fingerprint density at radius 1 is 1.25 bits per heavy atom. The fourth-order valence-corrected chi connectivity index (χ4v) is 2.24. The molecule has 0 saturated carbocycles. The van der Waals surface area contributed by atoms with Crippen molar-refractivity contribution in [2.45, 2.75) is 43.4 Å². The predicted octanol–water partition coefficient (Wildman–Crippen LogP) is 3.11. The lowest BCUT2D eigenvalue weighted by Gasteiger charge is -2.07. The molecule has 1 atom stereocenters. The Bertz CT molecular complexity index is 343. The minimum absolute atomic E-state index is 0.0720. The summed E-state index contributed by atoms with van der Waals surface area (Å²) in [5.41, 5.74) is 6.36. The molecule has 0 aliphatic rings. The molecule has 0 aliphatic heterocycles. The molecule has 0 spiro atoms. The molecule has 0 heterocycles. The summed E-state index contributed by atoms with van der Waals surface area (Å²) in [6.07, 6.45) is 0.413. The maximum Gasteiger partial charge on any atom is 0.164 e. The van der Waals surface area contributed by atoms with Crippen LogP contribution in [0.3, 0.4) is 0 Å². The van der Waals surface area contributed by atoms with E-state index in [0.29, 0.717) is 11.7 Å². The summed E-state index contributed by atoms with van der Waals surface area (Å²) in [6.45, 7) is 6.15. The van der Waals surface area contributed by atoms with Crippen LogP contribution in [0.25, 0.3) is 0 Å². The third-order valence-electron chi connectivity index (χ3n) is 2.06. The molecule has 1 rings (SSSR count). The van der Waals surface area contributed by atoms with E-state index >= 15 is 0 Å². The van der Waals surface area contributed by atoms with Crippen molar-refractivity contribution < 1.29 is 4.79 Å². The van der Waals surface area contributed by atoms with Crippen LogP contribution in [0.1, 0.15) is 37.6 Å². The van der Waals surface area contributed by atoms with Crippen molar-refractivity contribution in [2.75, 3.05) is 0 Å². The van der Waals surface area contributed by atoms with Crippen molar-refractivity contribution in [2.24, 2.45) is 5.73 Å². The van der Waals surface area contributed by atoms with E-state index in [4.69, 9.17) is 5.73 Å². The molecule has 0 amide bonds. The van der Waals surface area contributed by atoms with Crippen molar-refractivity contribution in [3.8, 4) is 0 Å². The quantitative estimate of drug-likeness (QED) is 0.632. The molecule has 2 nitrogen and oxygen atoms in total. The number of Topliss-reactive ketones (excluding diaryl/α,β-unsaturated/α-hetero) is 1. The monoisotopic (exact) mass is 237 g/mol. The molecule has 0 saturated heterocycles. The largest absolute Gasteiger partial charge is 0.328 e. The van der Waals surface area contributed by atoms with Gasteiger partial charge in [-0.05, 0) is 19.1 Å². The second-order valence-electron chi connectivity index (χ2n) is 4.30. The van der Waals surface area contributed by atoms with Gasteiger partial charge in [0.15, 0.2) is 5.78 Å².